The number of aliphatic hydroxyl groups excluding tert-OH is 1. The van der Waals surface area contributed by atoms with E-state index in [0.29, 0.717) is 23.7 Å². The molecular formula is C32H26F3NO5. The Hall–Kier alpha value is -4.79. The molecule has 1 N–H and O–H groups in total. The van der Waals surface area contributed by atoms with Crippen molar-refractivity contribution in [1.82, 2.24) is 4.90 Å². The number of halogens is 3. The first-order valence-electron chi connectivity index (χ1n) is 12.8. The lowest BCUT2D eigenvalue weighted by Gasteiger charge is -2.24. The molecule has 1 aromatic heterocycles. The monoisotopic (exact) mass is 561 g/mol. The topological polar surface area (TPSA) is 80.0 Å². The number of amides is 1. The molecule has 6 nitrogen and oxygen atoms in total. The maximum atomic E-state index is 13.3. The smallest absolute Gasteiger partial charge is 0.416 e. The summed E-state index contributed by atoms with van der Waals surface area (Å²) in [4.78, 5) is 27.6. The minimum absolute atomic E-state index is 0.172. The number of nitrogens with zero attached hydrogens (tertiary/aromatic N) is 1. The molecule has 1 amide bonds. The molecule has 0 aliphatic carbocycles. The zero-order valence-corrected chi connectivity index (χ0v) is 22.2. The van der Waals surface area contributed by atoms with Crippen molar-refractivity contribution in [2.24, 2.45) is 0 Å². The first-order valence-corrected chi connectivity index (χ1v) is 12.8. The van der Waals surface area contributed by atoms with Crippen LogP contribution >= 0.6 is 0 Å². The van der Waals surface area contributed by atoms with Crippen LogP contribution in [0.2, 0.25) is 0 Å². The second-order valence-electron chi connectivity index (χ2n) is 9.83. The molecule has 5 rings (SSSR count). The first kappa shape index (κ1) is 27.8. The largest absolute Gasteiger partial charge is 0.507 e. The highest BCUT2D eigenvalue weighted by molar-refractivity contribution is 6.46. The molecule has 1 atom stereocenters. The van der Waals surface area contributed by atoms with Crippen molar-refractivity contribution >= 4 is 17.4 Å². The number of carbonyl (C=O) groups excluding carboxylic acids is 2. The van der Waals surface area contributed by atoms with Crippen LogP contribution in [0.1, 0.15) is 45.4 Å². The van der Waals surface area contributed by atoms with E-state index in [9.17, 15) is 27.9 Å². The Morgan fingerprint density at radius 1 is 0.927 bits per heavy atom. The Morgan fingerprint density at radius 2 is 1.66 bits per heavy atom. The van der Waals surface area contributed by atoms with Gasteiger partial charge < -0.3 is 19.2 Å². The number of carbonyl (C=O) groups is 2. The Kier molecular flexibility index (Phi) is 7.45. The Bertz CT molecular complexity index is 1640. The average Bonchev–Trinajstić information content (AvgIpc) is 3.48. The van der Waals surface area contributed by atoms with Gasteiger partial charge in [-0.25, -0.2) is 0 Å². The normalized spacial score (nSPS) is 16.8. The van der Waals surface area contributed by atoms with Gasteiger partial charge in [0.05, 0.1) is 11.1 Å². The van der Waals surface area contributed by atoms with E-state index in [1.165, 1.54) is 12.1 Å². The van der Waals surface area contributed by atoms with Gasteiger partial charge in [0.15, 0.2) is 0 Å². The van der Waals surface area contributed by atoms with Crippen LogP contribution in [0.4, 0.5) is 13.2 Å². The lowest BCUT2D eigenvalue weighted by Crippen LogP contribution is -2.29. The molecule has 1 fully saturated rings. The number of Topliss-reactive ketones (excluding diaryl/α,β-unsaturated/α-hetero) is 1. The van der Waals surface area contributed by atoms with Crippen molar-refractivity contribution in [3.63, 3.8) is 0 Å². The summed E-state index contributed by atoms with van der Waals surface area (Å²) in [6.07, 6.45) is -4.57. The predicted octanol–water partition coefficient (Wildman–Crippen LogP) is 7.12. The zero-order chi connectivity index (χ0) is 29.3. The summed E-state index contributed by atoms with van der Waals surface area (Å²) < 4.78 is 51.6. The van der Waals surface area contributed by atoms with Gasteiger partial charge in [0.25, 0.3) is 11.7 Å². The van der Waals surface area contributed by atoms with E-state index in [2.05, 4.69) is 0 Å². The van der Waals surface area contributed by atoms with Gasteiger partial charge in [-0.05, 0) is 73.0 Å². The van der Waals surface area contributed by atoms with Gasteiger partial charge in [-0.15, -0.1) is 0 Å². The molecule has 2 heterocycles. The van der Waals surface area contributed by atoms with Crippen LogP contribution < -0.4 is 4.74 Å². The van der Waals surface area contributed by atoms with Gasteiger partial charge in [0, 0.05) is 12.1 Å². The van der Waals surface area contributed by atoms with Crippen LogP contribution in [0.25, 0.3) is 5.76 Å². The predicted molar refractivity (Wildman–Crippen MR) is 145 cm³/mol. The van der Waals surface area contributed by atoms with Gasteiger partial charge in [-0.1, -0.05) is 42.5 Å². The van der Waals surface area contributed by atoms with E-state index in [-0.39, 0.29) is 29.0 Å². The number of hydrogen-bond acceptors (Lipinski definition) is 5. The molecule has 0 radical (unpaired) electrons. The fourth-order valence-corrected chi connectivity index (χ4v) is 4.83. The fraction of sp³-hybridized carbons (Fsp3) is 0.188. The molecule has 1 saturated heterocycles. The number of ether oxygens (including phenoxy) is 1. The van der Waals surface area contributed by atoms with Crippen molar-refractivity contribution in [1.29, 1.82) is 0 Å². The van der Waals surface area contributed by atoms with Crippen molar-refractivity contribution in [3.05, 3.63) is 130 Å². The van der Waals surface area contributed by atoms with Crippen LogP contribution in [0.3, 0.4) is 0 Å². The second kappa shape index (κ2) is 11.0. The van der Waals surface area contributed by atoms with Crippen LogP contribution in [-0.2, 0) is 28.9 Å². The Labute approximate surface area is 234 Å². The summed E-state index contributed by atoms with van der Waals surface area (Å²) >= 11 is 0. The highest BCUT2D eigenvalue weighted by atomic mass is 19.4. The lowest BCUT2D eigenvalue weighted by atomic mass is 9.98. The summed E-state index contributed by atoms with van der Waals surface area (Å²) in [6, 6.07) is 21.1. The number of likely N-dealkylation sites (tertiary alicyclic amines) is 1. The summed E-state index contributed by atoms with van der Waals surface area (Å²) in [5.74, 6) is -1.06. The van der Waals surface area contributed by atoms with Gasteiger partial charge in [0.1, 0.15) is 35.7 Å². The van der Waals surface area contributed by atoms with E-state index in [4.69, 9.17) is 9.15 Å². The highest BCUT2D eigenvalue weighted by Crippen LogP contribution is 2.41. The molecule has 210 valence electrons. The number of alkyl halides is 3. The average molecular weight is 562 g/mol. The molecule has 9 heteroatoms. The molecular weight excluding hydrogens is 535 g/mol. The molecule has 0 saturated carbocycles. The summed E-state index contributed by atoms with van der Waals surface area (Å²) in [7, 11) is 0. The van der Waals surface area contributed by atoms with Crippen molar-refractivity contribution in [3.8, 4) is 5.75 Å². The molecule has 1 aliphatic heterocycles. The highest BCUT2D eigenvalue weighted by Gasteiger charge is 2.47. The SMILES string of the molecule is Cc1ccc(C2/C(=C(/O)c3ccc(OCc4ccccc4)c(C)c3)C(=O)C(=O)N2Cc2cccc(C(F)(F)F)c2)o1. The number of benzene rings is 3. The number of ketones is 1. The molecule has 41 heavy (non-hydrogen) atoms. The van der Waals surface area contributed by atoms with Crippen LogP contribution in [0.15, 0.2) is 94.9 Å². The van der Waals surface area contributed by atoms with Crippen LogP contribution in [-0.4, -0.2) is 21.7 Å². The fourth-order valence-electron chi connectivity index (χ4n) is 4.83. The van der Waals surface area contributed by atoms with Crippen LogP contribution in [0.5, 0.6) is 5.75 Å². The van der Waals surface area contributed by atoms with Gasteiger partial charge in [-0.2, -0.15) is 13.2 Å². The third kappa shape index (κ3) is 5.75. The first-order chi connectivity index (χ1) is 19.5. The molecule has 3 aromatic carbocycles. The van der Waals surface area contributed by atoms with Crippen LogP contribution in [0, 0.1) is 13.8 Å². The quantitative estimate of drug-likeness (QED) is 0.148. The molecule has 0 bridgehead atoms. The number of aryl methyl sites for hydroxylation is 2. The Morgan fingerprint density at radius 3 is 2.32 bits per heavy atom. The van der Waals surface area contributed by atoms with Crippen molar-refractivity contribution < 1.29 is 37.0 Å². The molecule has 1 aliphatic rings. The van der Waals surface area contributed by atoms with Crippen molar-refractivity contribution in [2.45, 2.75) is 39.2 Å². The van der Waals surface area contributed by atoms with E-state index in [1.54, 1.807) is 44.2 Å². The third-order valence-electron chi connectivity index (χ3n) is 6.86. The number of furan rings is 1. The molecule has 1 unspecified atom stereocenters. The van der Waals surface area contributed by atoms with Gasteiger partial charge in [-0.3, -0.25) is 9.59 Å². The summed E-state index contributed by atoms with van der Waals surface area (Å²) in [5, 5.41) is 11.4. The minimum Gasteiger partial charge on any atom is -0.507 e. The minimum atomic E-state index is -4.57. The van der Waals surface area contributed by atoms with E-state index in [1.807, 2.05) is 30.3 Å². The van der Waals surface area contributed by atoms with Gasteiger partial charge >= 0.3 is 6.18 Å². The standard InChI is InChI=1S/C32H26F3NO5/c1-19-15-23(12-14-25(19)40-18-21-7-4-3-5-8-21)29(37)27-28(26-13-11-20(2)41-26)36(31(39)30(27)38)17-22-9-6-10-24(16-22)32(33,34)35/h3-16,28,37H,17-18H2,1-2H3/b29-27-. The maximum Gasteiger partial charge on any atom is 0.416 e. The summed E-state index contributed by atoms with van der Waals surface area (Å²) in [6.45, 7) is 3.50. The number of aliphatic hydroxyl groups is 1. The zero-order valence-electron chi connectivity index (χ0n) is 22.2. The maximum absolute atomic E-state index is 13.3. The third-order valence-corrected chi connectivity index (χ3v) is 6.86. The Balaban J connectivity index is 1.50. The summed E-state index contributed by atoms with van der Waals surface area (Å²) in [5.41, 5.74) is 1.03. The number of rotatable bonds is 7. The van der Waals surface area contributed by atoms with Crippen molar-refractivity contribution in [2.75, 3.05) is 0 Å². The molecule has 4 aromatic rings. The van der Waals surface area contributed by atoms with Gasteiger partial charge in [0.2, 0.25) is 0 Å². The van der Waals surface area contributed by atoms with E-state index >= 15 is 0 Å². The lowest BCUT2D eigenvalue weighted by molar-refractivity contribution is -0.140. The number of hydrogen-bond donors (Lipinski definition) is 1. The second-order valence-corrected chi connectivity index (χ2v) is 9.83. The van der Waals surface area contributed by atoms with E-state index in [0.717, 1.165) is 22.6 Å². The van der Waals surface area contributed by atoms with E-state index < -0.39 is 35.2 Å². The molecule has 0 spiro atoms.